The molecule has 0 radical (unpaired) electrons. The van der Waals surface area contributed by atoms with Crippen LogP contribution in [0.5, 0.6) is 0 Å². The highest BCUT2D eigenvalue weighted by atomic mass is 35.5. The highest BCUT2D eigenvalue weighted by Crippen LogP contribution is 2.44. The van der Waals surface area contributed by atoms with Gasteiger partial charge in [0.2, 0.25) is 0 Å². The molecule has 0 atom stereocenters. The molecule has 0 N–H and O–H groups in total. The summed E-state index contributed by atoms with van der Waals surface area (Å²) in [5, 5.41) is 1.57. The van der Waals surface area contributed by atoms with Gasteiger partial charge in [0.1, 0.15) is 10.8 Å². The zero-order valence-corrected chi connectivity index (χ0v) is 16.9. The molecule has 28 heavy (non-hydrogen) atoms. The van der Waals surface area contributed by atoms with E-state index in [9.17, 15) is 12.8 Å². The van der Waals surface area contributed by atoms with E-state index in [1.54, 1.807) is 30.3 Å². The number of anilines is 1. The van der Waals surface area contributed by atoms with Crippen LogP contribution in [0.1, 0.15) is 5.56 Å². The van der Waals surface area contributed by atoms with Crippen LogP contribution in [0.3, 0.4) is 0 Å². The maximum Gasteiger partial charge on any atom is 0.265 e. The molecule has 0 saturated heterocycles. The lowest BCUT2D eigenvalue weighted by Gasteiger charge is -2.23. The van der Waals surface area contributed by atoms with Crippen LogP contribution in [0.2, 0.25) is 5.02 Å². The van der Waals surface area contributed by atoms with Gasteiger partial charge in [-0.05, 0) is 35.9 Å². The number of thiophene rings is 1. The summed E-state index contributed by atoms with van der Waals surface area (Å²) in [5.74, 6) is -0.419. The second-order valence-corrected chi connectivity index (χ2v) is 9.44. The summed E-state index contributed by atoms with van der Waals surface area (Å²) in [4.78, 5) is 0.153. The number of rotatable bonds is 5. The molecule has 0 bridgehead atoms. The van der Waals surface area contributed by atoms with Crippen LogP contribution >= 0.6 is 22.9 Å². The fourth-order valence-corrected chi connectivity index (χ4v) is 6.23. The van der Waals surface area contributed by atoms with Crippen LogP contribution in [0, 0.1) is 5.82 Å². The predicted octanol–water partition coefficient (Wildman–Crippen LogP) is 6.09. The van der Waals surface area contributed by atoms with Crippen molar-refractivity contribution in [2.75, 3.05) is 4.31 Å². The van der Waals surface area contributed by atoms with Gasteiger partial charge in [0.25, 0.3) is 10.0 Å². The second-order valence-electron chi connectivity index (χ2n) is 6.17. The minimum atomic E-state index is -3.90. The van der Waals surface area contributed by atoms with Crippen LogP contribution in [0.4, 0.5) is 9.39 Å². The zero-order chi connectivity index (χ0) is 19.7. The van der Waals surface area contributed by atoms with E-state index in [4.69, 9.17) is 11.6 Å². The monoisotopic (exact) mass is 431 g/mol. The van der Waals surface area contributed by atoms with Crippen LogP contribution in [-0.2, 0) is 16.6 Å². The first kappa shape index (κ1) is 18.9. The Bertz CT molecular complexity index is 1240. The number of halogens is 2. The van der Waals surface area contributed by atoms with E-state index in [-0.39, 0.29) is 11.4 Å². The number of fused-ring (bicyclic) bond motifs is 1. The highest BCUT2D eigenvalue weighted by Gasteiger charge is 2.29. The van der Waals surface area contributed by atoms with Crippen molar-refractivity contribution in [1.82, 2.24) is 0 Å². The summed E-state index contributed by atoms with van der Waals surface area (Å²) in [6, 6.07) is 21.5. The van der Waals surface area contributed by atoms with E-state index in [2.05, 4.69) is 0 Å². The van der Waals surface area contributed by atoms with Gasteiger partial charge in [0.15, 0.2) is 0 Å². The standard InChI is InChI=1S/C21H15ClFNO2S2/c22-20-18-11-4-5-12-19(18)27-21(20)24(14-15-7-6-8-16(23)13-15)28(25,26)17-9-2-1-3-10-17/h1-13H,14H2. The Morgan fingerprint density at radius 2 is 1.64 bits per heavy atom. The Balaban J connectivity index is 1.89. The number of benzene rings is 3. The van der Waals surface area contributed by atoms with Gasteiger partial charge >= 0.3 is 0 Å². The SMILES string of the molecule is O=S(=O)(c1ccccc1)N(Cc1cccc(F)c1)c1sc2ccccc2c1Cl. The third-order valence-corrected chi connectivity index (χ3v) is 7.85. The summed E-state index contributed by atoms with van der Waals surface area (Å²) in [5.41, 5.74) is 0.535. The fraction of sp³-hybridized carbons (Fsp3) is 0.0476. The Labute approximate surface area is 171 Å². The van der Waals surface area contributed by atoms with E-state index >= 15 is 0 Å². The summed E-state index contributed by atoms with van der Waals surface area (Å²) in [7, 11) is -3.90. The molecule has 4 aromatic rings. The molecule has 7 heteroatoms. The van der Waals surface area contributed by atoms with Gasteiger partial charge in [-0.25, -0.2) is 12.8 Å². The fourth-order valence-electron chi connectivity index (χ4n) is 2.95. The van der Waals surface area contributed by atoms with Crippen molar-refractivity contribution in [2.45, 2.75) is 11.4 Å². The average Bonchev–Trinajstić information content (AvgIpc) is 3.03. The van der Waals surface area contributed by atoms with Crippen LogP contribution in [-0.4, -0.2) is 8.42 Å². The van der Waals surface area contributed by atoms with Crippen LogP contribution in [0.15, 0.2) is 83.8 Å². The molecule has 4 rings (SSSR count). The molecule has 3 nitrogen and oxygen atoms in total. The van der Waals surface area contributed by atoms with E-state index in [1.165, 1.54) is 39.9 Å². The maximum atomic E-state index is 13.7. The molecule has 0 unspecified atom stereocenters. The van der Waals surface area contributed by atoms with Crippen molar-refractivity contribution in [1.29, 1.82) is 0 Å². The Morgan fingerprint density at radius 1 is 0.929 bits per heavy atom. The van der Waals surface area contributed by atoms with Gasteiger partial charge in [-0.1, -0.05) is 60.1 Å². The molecule has 0 amide bonds. The molecule has 0 saturated carbocycles. The molecule has 0 fully saturated rings. The summed E-state index contributed by atoms with van der Waals surface area (Å²) < 4.78 is 42.7. The first-order valence-corrected chi connectivity index (χ1v) is 11.1. The smallest absolute Gasteiger partial charge is 0.251 e. The summed E-state index contributed by atoms with van der Waals surface area (Å²) in [6.07, 6.45) is 0. The van der Waals surface area contributed by atoms with Gasteiger partial charge in [0.05, 0.1) is 16.5 Å². The van der Waals surface area contributed by atoms with Gasteiger partial charge in [-0.15, -0.1) is 11.3 Å². The Morgan fingerprint density at radius 3 is 2.36 bits per heavy atom. The third-order valence-electron chi connectivity index (χ3n) is 4.29. The van der Waals surface area contributed by atoms with Crippen molar-refractivity contribution >= 4 is 48.0 Å². The molecular formula is C21H15ClFNO2S2. The van der Waals surface area contributed by atoms with Crippen LogP contribution in [0.25, 0.3) is 10.1 Å². The first-order chi connectivity index (χ1) is 13.5. The molecule has 3 aromatic carbocycles. The lowest BCUT2D eigenvalue weighted by atomic mass is 10.2. The van der Waals surface area contributed by atoms with Gasteiger partial charge in [-0.2, -0.15) is 0 Å². The minimum Gasteiger partial charge on any atom is -0.251 e. The topological polar surface area (TPSA) is 37.4 Å². The number of hydrogen-bond acceptors (Lipinski definition) is 3. The molecule has 0 aliphatic carbocycles. The van der Waals surface area contributed by atoms with E-state index in [1.807, 2.05) is 24.3 Å². The third kappa shape index (κ3) is 3.51. The lowest BCUT2D eigenvalue weighted by Crippen LogP contribution is -2.30. The molecular weight excluding hydrogens is 417 g/mol. The quantitative estimate of drug-likeness (QED) is 0.383. The van der Waals surface area contributed by atoms with Crippen molar-refractivity contribution in [2.24, 2.45) is 0 Å². The molecule has 142 valence electrons. The Hall–Kier alpha value is -2.41. The maximum absolute atomic E-state index is 13.7. The molecule has 0 spiro atoms. The molecule has 1 heterocycles. The van der Waals surface area contributed by atoms with Crippen molar-refractivity contribution < 1.29 is 12.8 Å². The van der Waals surface area contributed by atoms with Gasteiger partial charge < -0.3 is 0 Å². The average molecular weight is 432 g/mol. The van der Waals surface area contributed by atoms with Crippen LogP contribution < -0.4 is 4.31 Å². The van der Waals surface area contributed by atoms with Crippen molar-refractivity contribution in [3.63, 3.8) is 0 Å². The van der Waals surface area contributed by atoms with Gasteiger partial charge in [-0.3, -0.25) is 4.31 Å². The van der Waals surface area contributed by atoms with E-state index in [0.29, 0.717) is 15.6 Å². The zero-order valence-electron chi connectivity index (χ0n) is 14.5. The van der Waals surface area contributed by atoms with Gasteiger partial charge in [0, 0.05) is 10.1 Å². The second kappa shape index (κ2) is 7.54. The largest absolute Gasteiger partial charge is 0.265 e. The van der Waals surface area contributed by atoms with Crippen molar-refractivity contribution in [3.8, 4) is 0 Å². The molecule has 0 aliphatic heterocycles. The molecule has 0 aliphatic rings. The summed E-state index contributed by atoms with van der Waals surface area (Å²) in [6.45, 7) is -0.0263. The van der Waals surface area contributed by atoms with E-state index in [0.717, 1.165) is 10.1 Å². The summed E-state index contributed by atoms with van der Waals surface area (Å²) >= 11 is 7.87. The Kier molecular flexibility index (Phi) is 5.10. The first-order valence-electron chi connectivity index (χ1n) is 8.46. The highest BCUT2D eigenvalue weighted by molar-refractivity contribution is 7.93. The number of sulfonamides is 1. The minimum absolute atomic E-state index is 0.0263. The number of hydrogen-bond donors (Lipinski definition) is 0. The molecule has 1 aromatic heterocycles. The number of nitrogens with zero attached hydrogens (tertiary/aromatic N) is 1. The predicted molar refractivity (Wildman–Crippen MR) is 113 cm³/mol. The normalized spacial score (nSPS) is 11.6. The van der Waals surface area contributed by atoms with Crippen molar-refractivity contribution in [3.05, 3.63) is 95.3 Å². The lowest BCUT2D eigenvalue weighted by molar-refractivity contribution is 0.590. The van der Waals surface area contributed by atoms with E-state index < -0.39 is 15.8 Å².